The summed E-state index contributed by atoms with van der Waals surface area (Å²) in [5.74, 6) is 0.297. The Labute approximate surface area is 131 Å². The zero-order chi connectivity index (χ0) is 15.6. The molecule has 0 saturated carbocycles. The molecule has 0 atom stereocenters. The van der Waals surface area contributed by atoms with E-state index in [0.717, 1.165) is 22.4 Å². The topological polar surface area (TPSA) is 32.6 Å². The molecule has 1 N–H and O–H groups in total. The molecule has 0 aliphatic heterocycles. The first-order valence-electron chi connectivity index (χ1n) is 6.91. The summed E-state index contributed by atoms with van der Waals surface area (Å²) in [6.07, 6.45) is 1.70. The van der Waals surface area contributed by atoms with E-state index in [1.165, 1.54) is 0 Å². The standard InChI is InChI=1S/C18H20ClNO/c1-12-9-13(17(21)16(10-12)18(2,3)4)11-20-15-7-5-14(19)6-8-15/h5-11,21H,1-4H3. The molecule has 0 radical (unpaired) electrons. The van der Waals surface area contributed by atoms with Crippen LogP contribution in [0.15, 0.2) is 41.4 Å². The number of aliphatic imine (C=N–C) groups is 1. The van der Waals surface area contributed by atoms with Crippen molar-refractivity contribution in [3.05, 3.63) is 58.1 Å². The van der Waals surface area contributed by atoms with Gasteiger partial charge in [-0.05, 0) is 48.2 Å². The summed E-state index contributed by atoms with van der Waals surface area (Å²) in [4.78, 5) is 4.40. The number of halogens is 1. The number of hydrogen-bond acceptors (Lipinski definition) is 2. The van der Waals surface area contributed by atoms with Gasteiger partial charge in [0.1, 0.15) is 5.75 Å². The summed E-state index contributed by atoms with van der Waals surface area (Å²) in [6.45, 7) is 8.28. The Morgan fingerprint density at radius 2 is 1.71 bits per heavy atom. The molecular weight excluding hydrogens is 282 g/mol. The zero-order valence-corrected chi connectivity index (χ0v) is 13.6. The minimum absolute atomic E-state index is 0.112. The van der Waals surface area contributed by atoms with Gasteiger partial charge < -0.3 is 5.11 Å². The number of rotatable bonds is 2. The maximum atomic E-state index is 10.5. The molecule has 0 bridgehead atoms. The second-order valence-corrected chi connectivity index (χ2v) is 6.67. The molecule has 0 aliphatic carbocycles. The smallest absolute Gasteiger partial charge is 0.128 e. The van der Waals surface area contributed by atoms with Crippen molar-refractivity contribution in [3.8, 4) is 5.75 Å². The Morgan fingerprint density at radius 1 is 1.10 bits per heavy atom. The van der Waals surface area contributed by atoms with E-state index < -0.39 is 0 Å². The van der Waals surface area contributed by atoms with Crippen LogP contribution in [0.25, 0.3) is 0 Å². The Hall–Kier alpha value is -1.80. The summed E-state index contributed by atoms with van der Waals surface area (Å²) in [6, 6.07) is 11.2. The van der Waals surface area contributed by atoms with Gasteiger partial charge in [0, 0.05) is 22.4 Å². The predicted octanol–water partition coefficient (Wildman–Crippen LogP) is 5.40. The zero-order valence-electron chi connectivity index (χ0n) is 12.8. The van der Waals surface area contributed by atoms with E-state index in [2.05, 4.69) is 25.8 Å². The molecule has 0 amide bonds. The lowest BCUT2D eigenvalue weighted by atomic mass is 9.84. The van der Waals surface area contributed by atoms with Gasteiger partial charge in [0.2, 0.25) is 0 Å². The van der Waals surface area contributed by atoms with Crippen molar-refractivity contribution in [2.75, 3.05) is 0 Å². The third-order valence-corrected chi connectivity index (χ3v) is 3.52. The molecule has 0 aromatic heterocycles. The summed E-state index contributed by atoms with van der Waals surface area (Å²) in [5, 5.41) is 11.1. The van der Waals surface area contributed by atoms with Gasteiger partial charge in [-0.3, -0.25) is 4.99 Å². The second-order valence-electron chi connectivity index (χ2n) is 6.23. The Bertz CT molecular complexity index is 667. The largest absolute Gasteiger partial charge is 0.507 e. The first kappa shape index (κ1) is 15.6. The molecular formula is C18H20ClNO. The first-order chi connectivity index (χ1) is 9.77. The van der Waals surface area contributed by atoms with Crippen molar-refractivity contribution in [1.82, 2.24) is 0 Å². The van der Waals surface area contributed by atoms with Gasteiger partial charge in [-0.2, -0.15) is 0 Å². The molecule has 2 nitrogen and oxygen atoms in total. The van der Waals surface area contributed by atoms with Crippen LogP contribution >= 0.6 is 11.6 Å². The van der Waals surface area contributed by atoms with E-state index in [1.807, 2.05) is 31.2 Å². The Kier molecular flexibility index (Phi) is 4.38. The van der Waals surface area contributed by atoms with E-state index in [4.69, 9.17) is 11.6 Å². The number of benzene rings is 2. The fraction of sp³-hybridized carbons (Fsp3) is 0.278. The quantitative estimate of drug-likeness (QED) is 0.740. The number of aryl methyl sites for hydroxylation is 1. The first-order valence-corrected chi connectivity index (χ1v) is 7.29. The fourth-order valence-corrected chi connectivity index (χ4v) is 2.27. The minimum atomic E-state index is -0.112. The van der Waals surface area contributed by atoms with E-state index in [9.17, 15) is 5.11 Å². The molecule has 2 aromatic rings. The highest BCUT2D eigenvalue weighted by Gasteiger charge is 2.20. The van der Waals surface area contributed by atoms with Crippen molar-refractivity contribution in [2.45, 2.75) is 33.1 Å². The highest BCUT2D eigenvalue weighted by Crippen LogP contribution is 2.33. The molecule has 0 unspecified atom stereocenters. The van der Waals surface area contributed by atoms with Gasteiger partial charge in [0.15, 0.2) is 0 Å². The van der Waals surface area contributed by atoms with Crippen molar-refractivity contribution in [3.63, 3.8) is 0 Å². The maximum Gasteiger partial charge on any atom is 0.128 e. The molecule has 2 aromatic carbocycles. The van der Waals surface area contributed by atoms with Crippen molar-refractivity contribution < 1.29 is 5.11 Å². The molecule has 0 heterocycles. The SMILES string of the molecule is Cc1cc(C=Nc2ccc(Cl)cc2)c(O)c(C(C)(C)C)c1. The third kappa shape index (κ3) is 3.85. The molecule has 0 saturated heterocycles. The molecule has 21 heavy (non-hydrogen) atoms. The summed E-state index contributed by atoms with van der Waals surface area (Å²) in [7, 11) is 0. The number of aromatic hydroxyl groups is 1. The second kappa shape index (κ2) is 5.90. The van der Waals surface area contributed by atoms with Crippen LogP contribution in [0.1, 0.15) is 37.5 Å². The maximum absolute atomic E-state index is 10.5. The van der Waals surface area contributed by atoms with Gasteiger partial charge in [-0.15, -0.1) is 0 Å². The van der Waals surface area contributed by atoms with Crippen molar-refractivity contribution >= 4 is 23.5 Å². The lowest BCUT2D eigenvalue weighted by Crippen LogP contribution is -2.12. The van der Waals surface area contributed by atoms with Gasteiger partial charge >= 0.3 is 0 Å². The molecule has 110 valence electrons. The number of nitrogens with zero attached hydrogens (tertiary/aromatic N) is 1. The monoisotopic (exact) mass is 301 g/mol. The molecule has 0 aliphatic rings. The highest BCUT2D eigenvalue weighted by molar-refractivity contribution is 6.30. The van der Waals surface area contributed by atoms with Crippen molar-refractivity contribution in [2.24, 2.45) is 4.99 Å². The van der Waals surface area contributed by atoms with Crippen LogP contribution in [-0.2, 0) is 5.41 Å². The summed E-state index contributed by atoms with van der Waals surface area (Å²) < 4.78 is 0. The Morgan fingerprint density at radius 3 is 2.29 bits per heavy atom. The highest BCUT2D eigenvalue weighted by atomic mass is 35.5. The average Bonchev–Trinajstić information content (AvgIpc) is 2.40. The number of hydrogen-bond donors (Lipinski definition) is 1. The van der Waals surface area contributed by atoms with Gasteiger partial charge in [0.05, 0.1) is 5.69 Å². The molecule has 0 spiro atoms. The normalized spacial score (nSPS) is 12.0. The summed E-state index contributed by atoms with van der Waals surface area (Å²) >= 11 is 5.85. The van der Waals surface area contributed by atoms with Crippen LogP contribution in [-0.4, -0.2) is 11.3 Å². The number of phenols is 1. The van der Waals surface area contributed by atoms with Crippen LogP contribution in [0.5, 0.6) is 5.75 Å². The van der Waals surface area contributed by atoms with Crippen LogP contribution in [0.3, 0.4) is 0 Å². The molecule has 2 rings (SSSR count). The van der Waals surface area contributed by atoms with Crippen LogP contribution in [0.4, 0.5) is 5.69 Å². The van der Waals surface area contributed by atoms with Crippen LogP contribution in [0, 0.1) is 6.92 Å². The summed E-state index contributed by atoms with van der Waals surface area (Å²) in [5.41, 5.74) is 3.46. The lowest BCUT2D eigenvalue weighted by molar-refractivity contribution is 0.445. The Balaban J connectivity index is 2.40. The number of phenolic OH excluding ortho intramolecular Hbond substituents is 1. The van der Waals surface area contributed by atoms with E-state index in [1.54, 1.807) is 18.3 Å². The average molecular weight is 302 g/mol. The van der Waals surface area contributed by atoms with Gasteiger partial charge in [0.25, 0.3) is 0 Å². The predicted molar refractivity (Wildman–Crippen MR) is 90.2 cm³/mol. The van der Waals surface area contributed by atoms with Gasteiger partial charge in [-0.25, -0.2) is 0 Å². The van der Waals surface area contributed by atoms with E-state index in [0.29, 0.717) is 10.8 Å². The molecule has 3 heteroatoms. The minimum Gasteiger partial charge on any atom is -0.507 e. The van der Waals surface area contributed by atoms with Crippen LogP contribution < -0.4 is 0 Å². The van der Waals surface area contributed by atoms with Crippen LogP contribution in [0.2, 0.25) is 5.02 Å². The lowest BCUT2D eigenvalue weighted by Gasteiger charge is -2.22. The van der Waals surface area contributed by atoms with Gasteiger partial charge in [-0.1, -0.05) is 38.4 Å². The molecule has 0 fully saturated rings. The van der Waals surface area contributed by atoms with E-state index >= 15 is 0 Å². The van der Waals surface area contributed by atoms with Crippen molar-refractivity contribution in [1.29, 1.82) is 0 Å². The van der Waals surface area contributed by atoms with E-state index in [-0.39, 0.29) is 5.41 Å². The third-order valence-electron chi connectivity index (χ3n) is 3.27. The fourth-order valence-electron chi connectivity index (χ4n) is 2.15.